The molecule has 188 valence electrons. The van der Waals surface area contributed by atoms with Crippen LogP contribution in [0.5, 0.6) is 5.75 Å². The molecule has 0 saturated carbocycles. The van der Waals surface area contributed by atoms with Crippen LogP contribution >= 0.6 is 11.8 Å². The van der Waals surface area contributed by atoms with Crippen LogP contribution in [0, 0.1) is 0 Å². The first-order valence-corrected chi connectivity index (χ1v) is 13.5. The van der Waals surface area contributed by atoms with E-state index >= 15 is 0 Å². The molecule has 4 aromatic rings. The standard InChI is InChI=1S/C28H28N2O3S.C2H6/c1-4-32-28(31)26-24(17-34-20-13-9-6-10-14-20)30(3)23-15-21(19-11-7-5-8-12-19)27-22(25(23)26)16-29(2)18-33-27;1-2/h5-15H,4,16-18H2,1-3H3;1-2H3. The SMILES string of the molecule is CC.CCOC(=O)c1c(CSc2ccccc2)n(C)c2cc(-c3ccccc3)c3c(c12)CN(C)CO3. The fourth-order valence-corrected chi connectivity index (χ4v) is 5.60. The van der Waals surface area contributed by atoms with E-state index in [1.165, 1.54) is 0 Å². The van der Waals surface area contributed by atoms with Crippen LogP contribution in [0.25, 0.3) is 22.0 Å². The van der Waals surface area contributed by atoms with Crippen molar-refractivity contribution < 1.29 is 14.3 Å². The Labute approximate surface area is 218 Å². The zero-order valence-electron chi connectivity index (χ0n) is 21.7. The average Bonchev–Trinajstić information content (AvgIpc) is 3.21. The maximum absolute atomic E-state index is 13.3. The van der Waals surface area contributed by atoms with Gasteiger partial charge in [-0.15, -0.1) is 11.8 Å². The summed E-state index contributed by atoms with van der Waals surface area (Å²) in [6.45, 7) is 7.40. The van der Waals surface area contributed by atoms with Gasteiger partial charge >= 0.3 is 5.97 Å². The molecule has 36 heavy (non-hydrogen) atoms. The monoisotopic (exact) mass is 502 g/mol. The van der Waals surface area contributed by atoms with Crippen molar-refractivity contribution in [2.45, 2.75) is 38.0 Å². The Kier molecular flexibility index (Phi) is 8.39. The number of aromatic nitrogens is 1. The molecule has 0 aliphatic carbocycles. The first-order valence-electron chi connectivity index (χ1n) is 12.5. The van der Waals surface area contributed by atoms with E-state index in [-0.39, 0.29) is 5.97 Å². The summed E-state index contributed by atoms with van der Waals surface area (Å²) in [5.74, 6) is 1.24. The second-order valence-corrected chi connectivity index (χ2v) is 9.53. The normalized spacial score (nSPS) is 12.9. The molecule has 0 spiro atoms. The predicted molar refractivity (Wildman–Crippen MR) is 149 cm³/mol. The molecule has 0 saturated heterocycles. The van der Waals surface area contributed by atoms with Crippen LogP contribution in [0.4, 0.5) is 0 Å². The van der Waals surface area contributed by atoms with Crippen molar-refractivity contribution in [2.75, 3.05) is 20.4 Å². The van der Waals surface area contributed by atoms with Gasteiger partial charge in [0.15, 0.2) is 0 Å². The van der Waals surface area contributed by atoms with Gasteiger partial charge in [-0.1, -0.05) is 62.4 Å². The van der Waals surface area contributed by atoms with Gasteiger partial charge < -0.3 is 14.0 Å². The van der Waals surface area contributed by atoms with Gasteiger partial charge in [0, 0.05) is 46.4 Å². The molecule has 0 radical (unpaired) electrons. The Morgan fingerprint density at radius 3 is 2.36 bits per heavy atom. The Morgan fingerprint density at radius 2 is 1.69 bits per heavy atom. The van der Waals surface area contributed by atoms with Crippen molar-refractivity contribution in [1.29, 1.82) is 0 Å². The number of hydrogen-bond acceptors (Lipinski definition) is 5. The van der Waals surface area contributed by atoms with Crippen molar-refractivity contribution in [1.82, 2.24) is 9.47 Å². The lowest BCUT2D eigenvalue weighted by molar-refractivity contribution is 0.0527. The molecule has 1 aromatic heterocycles. The van der Waals surface area contributed by atoms with Gasteiger partial charge in [-0.05, 0) is 37.7 Å². The summed E-state index contributed by atoms with van der Waals surface area (Å²) in [4.78, 5) is 16.6. The van der Waals surface area contributed by atoms with E-state index in [1.807, 2.05) is 71.3 Å². The van der Waals surface area contributed by atoms with Gasteiger partial charge in [-0.2, -0.15) is 0 Å². The summed E-state index contributed by atoms with van der Waals surface area (Å²) in [7, 11) is 4.07. The lowest BCUT2D eigenvalue weighted by Gasteiger charge is -2.28. The third-order valence-corrected chi connectivity index (χ3v) is 7.23. The summed E-state index contributed by atoms with van der Waals surface area (Å²) < 4.78 is 14.0. The lowest BCUT2D eigenvalue weighted by atomic mass is 9.95. The summed E-state index contributed by atoms with van der Waals surface area (Å²) in [5.41, 5.74) is 5.82. The Balaban J connectivity index is 0.00000148. The van der Waals surface area contributed by atoms with Crippen LogP contribution in [0.1, 0.15) is 42.4 Å². The molecule has 6 heteroatoms. The molecule has 5 nitrogen and oxygen atoms in total. The highest BCUT2D eigenvalue weighted by atomic mass is 32.2. The molecule has 0 bridgehead atoms. The molecule has 5 rings (SSSR count). The van der Waals surface area contributed by atoms with Crippen LogP contribution in [0.2, 0.25) is 0 Å². The van der Waals surface area contributed by atoms with Crippen LogP contribution in [0.15, 0.2) is 71.6 Å². The number of ether oxygens (including phenoxy) is 2. The van der Waals surface area contributed by atoms with Crippen molar-refractivity contribution >= 4 is 28.6 Å². The van der Waals surface area contributed by atoms with Gasteiger partial charge in [0.25, 0.3) is 0 Å². The summed E-state index contributed by atoms with van der Waals surface area (Å²) in [5, 5.41) is 0.936. The molecule has 0 amide bonds. The fraction of sp³-hybridized carbons (Fsp3) is 0.300. The number of esters is 1. The largest absolute Gasteiger partial charge is 0.477 e. The highest BCUT2D eigenvalue weighted by molar-refractivity contribution is 7.98. The van der Waals surface area contributed by atoms with Gasteiger partial charge in [0.2, 0.25) is 0 Å². The number of rotatable bonds is 6. The fourth-order valence-electron chi connectivity index (χ4n) is 4.60. The average molecular weight is 503 g/mol. The third kappa shape index (κ3) is 5.01. The predicted octanol–water partition coefficient (Wildman–Crippen LogP) is 7.12. The van der Waals surface area contributed by atoms with Gasteiger partial charge in [-0.25, -0.2) is 4.79 Å². The molecule has 1 aliphatic heterocycles. The Bertz CT molecular complexity index is 1330. The molecular weight excluding hydrogens is 468 g/mol. The van der Waals surface area contributed by atoms with Crippen molar-refractivity contribution in [2.24, 2.45) is 7.05 Å². The van der Waals surface area contributed by atoms with E-state index in [9.17, 15) is 4.79 Å². The molecule has 3 aromatic carbocycles. The first-order chi connectivity index (χ1) is 17.6. The second-order valence-electron chi connectivity index (χ2n) is 8.48. The number of aryl methyl sites for hydroxylation is 1. The molecular formula is C30H34N2O3S. The van der Waals surface area contributed by atoms with Crippen LogP contribution < -0.4 is 4.74 Å². The number of carbonyl (C=O) groups excluding carboxylic acids is 1. The smallest absolute Gasteiger partial charge is 0.340 e. The van der Waals surface area contributed by atoms with Crippen LogP contribution in [-0.4, -0.2) is 35.8 Å². The minimum atomic E-state index is -0.278. The molecule has 0 fully saturated rings. The van der Waals surface area contributed by atoms with E-state index in [4.69, 9.17) is 9.47 Å². The van der Waals surface area contributed by atoms with Gasteiger partial charge in [0.1, 0.15) is 12.5 Å². The highest BCUT2D eigenvalue weighted by Crippen LogP contribution is 2.44. The number of nitrogens with zero attached hydrogens (tertiary/aromatic N) is 2. The number of benzene rings is 3. The van der Waals surface area contributed by atoms with E-state index < -0.39 is 0 Å². The molecule has 0 unspecified atom stereocenters. The second kappa shape index (κ2) is 11.7. The minimum absolute atomic E-state index is 0.278. The van der Waals surface area contributed by atoms with E-state index in [0.717, 1.165) is 43.9 Å². The number of thioether (sulfide) groups is 1. The zero-order chi connectivity index (χ0) is 25.7. The highest BCUT2D eigenvalue weighted by Gasteiger charge is 2.30. The number of hydrogen-bond donors (Lipinski definition) is 0. The van der Waals surface area contributed by atoms with E-state index in [0.29, 0.717) is 31.2 Å². The zero-order valence-corrected chi connectivity index (χ0v) is 22.5. The maximum Gasteiger partial charge on any atom is 0.340 e. The first kappa shape index (κ1) is 25.9. The van der Waals surface area contributed by atoms with Crippen LogP contribution in [0.3, 0.4) is 0 Å². The Hall–Kier alpha value is -3.22. The number of fused-ring (bicyclic) bond motifs is 3. The third-order valence-electron chi connectivity index (χ3n) is 6.20. The minimum Gasteiger partial charge on any atom is -0.477 e. The molecule has 0 atom stereocenters. The van der Waals surface area contributed by atoms with Gasteiger partial charge in [-0.3, -0.25) is 4.90 Å². The summed E-state index contributed by atoms with van der Waals surface area (Å²) >= 11 is 1.72. The van der Waals surface area contributed by atoms with E-state index in [2.05, 4.69) is 39.8 Å². The molecule has 2 heterocycles. The van der Waals surface area contributed by atoms with Crippen molar-refractivity contribution in [3.05, 3.63) is 83.6 Å². The summed E-state index contributed by atoms with van der Waals surface area (Å²) in [6.07, 6.45) is 0. The van der Waals surface area contributed by atoms with Crippen LogP contribution in [-0.2, 0) is 24.1 Å². The quantitative estimate of drug-likeness (QED) is 0.207. The van der Waals surface area contributed by atoms with Crippen molar-refractivity contribution in [3.63, 3.8) is 0 Å². The Morgan fingerprint density at radius 1 is 1.03 bits per heavy atom. The maximum atomic E-state index is 13.3. The number of carbonyl (C=O) groups is 1. The topological polar surface area (TPSA) is 43.7 Å². The lowest BCUT2D eigenvalue weighted by Crippen LogP contribution is -2.28. The summed E-state index contributed by atoms with van der Waals surface area (Å²) in [6, 6.07) is 22.7. The van der Waals surface area contributed by atoms with E-state index in [1.54, 1.807) is 11.8 Å². The van der Waals surface area contributed by atoms with Crippen molar-refractivity contribution in [3.8, 4) is 16.9 Å². The molecule has 0 N–H and O–H groups in total. The van der Waals surface area contributed by atoms with Gasteiger partial charge in [0.05, 0.1) is 17.7 Å². The molecule has 1 aliphatic rings.